The molecular formula is C21H23N3O6S. The Morgan fingerprint density at radius 1 is 1.10 bits per heavy atom. The van der Waals surface area contributed by atoms with E-state index in [9.17, 15) is 22.8 Å². The highest BCUT2D eigenvalue weighted by Gasteiger charge is 2.20. The Morgan fingerprint density at radius 2 is 1.84 bits per heavy atom. The van der Waals surface area contributed by atoms with Gasteiger partial charge in [0.05, 0.1) is 17.1 Å². The second-order valence-electron chi connectivity index (χ2n) is 6.86. The number of esters is 1. The van der Waals surface area contributed by atoms with Gasteiger partial charge in [-0.15, -0.1) is 0 Å². The molecule has 9 nitrogen and oxygen atoms in total. The summed E-state index contributed by atoms with van der Waals surface area (Å²) < 4.78 is 32.3. The fourth-order valence-corrected chi connectivity index (χ4v) is 4.12. The third-order valence-corrected chi connectivity index (χ3v) is 6.07. The van der Waals surface area contributed by atoms with Crippen molar-refractivity contribution >= 4 is 39.2 Å². The van der Waals surface area contributed by atoms with Crippen molar-refractivity contribution in [1.82, 2.24) is 4.72 Å². The molecule has 2 aromatic rings. The first-order chi connectivity index (χ1) is 14.8. The van der Waals surface area contributed by atoms with Gasteiger partial charge in [0, 0.05) is 30.8 Å². The van der Waals surface area contributed by atoms with E-state index in [-0.39, 0.29) is 36.3 Å². The molecule has 1 aliphatic rings. The van der Waals surface area contributed by atoms with Gasteiger partial charge in [-0.2, -0.15) is 0 Å². The Kier molecular flexibility index (Phi) is 7.03. The summed E-state index contributed by atoms with van der Waals surface area (Å²) in [7, 11) is -3.79. The molecule has 0 saturated heterocycles. The lowest BCUT2D eigenvalue weighted by Gasteiger charge is -2.17. The summed E-state index contributed by atoms with van der Waals surface area (Å²) >= 11 is 0. The van der Waals surface area contributed by atoms with Crippen molar-refractivity contribution in [3.8, 4) is 0 Å². The number of hydrogen-bond acceptors (Lipinski definition) is 6. The fourth-order valence-electron chi connectivity index (χ4n) is 3.04. The first-order valence-electron chi connectivity index (χ1n) is 9.78. The molecule has 1 aliphatic heterocycles. The van der Waals surface area contributed by atoms with Crippen LogP contribution >= 0.6 is 0 Å². The number of hydrogen-bond donors (Lipinski definition) is 3. The molecule has 164 valence electrons. The van der Waals surface area contributed by atoms with E-state index in [1.54, 1.807) is 25.1 Å². The smallest absolute Gasteiger partial charge is 0.338 e. The Morgan fingerprint density at radius 3 is 2.55 bits per heavy atom. The second-order valence-corrected chi connectivity index (χ2v) is 8.63. The van der Waals surface area contributed by atoms with E-state index in [2.05, 4.69) is 15.4 Å². The van der Waals surface area contributed by atoms with Crippen molar-refractivity contribution < 1.29 is 27.5 Å². The monoisotopic (exact) mass is 445 g/mol. The Balaban J connectivity index is 1.52. The number of carbonyl (C=O) groups is 3. The Labute approximate surface area is 180 Å². The van der Waals surface area contributed by atoms with Gasteiger partial charge in [0.2, 0.25) is 21.8 Å². The van der Waals surface area contributed by atoms with Crippen LogP contribution in [0.1, 0.15) is 35.7 Å². The van der Waals surface area contributed by atoms with Crippen molar-refractivity contribution in [3.63, 3.8) is 0 Å². The minimum atomic E-state index is -3.79. The molecule has 3 N–H and O–H groups in total. The lowest BCUT2D eigenvalue weighted by molar-refractivity contribution is -0.117. The minimum absolute atomic E-state index is 0.0696. The lowest BCUT2D eigenvalue weighted by Crippen LogP contribution is -2.28. The van der Waals surface area contributed by atoms with Gasteiger partial charge in [-0.05, 0) is 61.4 Å². The summed E-state index contributed by atoms with van der Waals surface area (Å²) in [4.78, 5) is 35.2. The van der Waals surface area contributed by atoms with Crippen molar-refractivity contribution in [1.29, 1.82) is 0 Å². The van der Waals surface area contributed by atoms with E-state index >= 15 is 0 Å². The van der Waals surface area contributed by atoms with E-state index in [1.165, 1.54) is 24.3 Å². The molecule has 2 amide bonds. The summed E-state index contributed by atoms with van der Waals surface area (Å²) in [6, 6.07) is 10.7. The Bertz CT molecular complexity index is 1100. The molecule has 0 aliphatic carbocycles. The van der Waals surface area contributed by atoms with Gasteiger partial charge in [-0.3, -0.25) is 9.59 Å². The maximum atomic E-state index is 12.5. The van der Waals surface area contributed by atoms with Gasteiger partial charge in [0.15, 0.2) is 0 Å². The first kappa shape index (κ1) is 22.4. The quantitative estimate of drug-likeness (QED) is 0.533. The van der Waals surface area contributed by atoms with Crippen molar-refractivity contribution in [2.45, 2.75) is 31.1 Å². The van der Waals surface area contributed by atoms with Crippen LogP contribution in [0.3, 0.4) is 0 Å². The van der Waals surface area contributed by atoms with Gasteiger partial charge >= 0.3 is 5.97 Å². The number of carbonyl (C=O) groups excluding carboxylic acids is 3. The van der Waals surface area contributed by atoms with Crippen LogP contribution in [0.15, 0.2) is 47.4 Å². The summed E-state index contributed by atoms with van der Waals surface area (Å²) in [6.07, 6.45) is 0.715. The molecule has 0 aromatic heterocycles. The molecule has 31 heavy (non-hydrogen) atoms. The van der Waals surface area contributed by atoms with Crippen LogP contribution in [-0.2, 0) is 30.8 Å². The van der Waals surface area contributed by atoms with E-state index in [1.807, 2.05) is 0 Å². The first-order valence-corrected chi connectivity index (χ1v) is 11.3. The number of amides is 2. The minimum Gasteiger partial charge on any atom is -0.462 e. The highest BCUT2D eigenvalue weighted by molar-refractivity contribution is 7.89. The molecule has 2 aromatic carbocycles. The standard InChI is InChI=1S/C21H23N3O6S/c1-2-30-21(27)14-3-6-16(7-4-14)23-20(26)11-12-22-31(28,29)17-8-9-18-15(13-17)5-10-19(25)24-18/h3-4,6-9,13,22H,2,5,10-12H2,1H3,(H,23,26)(H,24,25). The molecule has 0 saturated carbocycles. The third-order valence-electron chi connectivity index (χ3n) is 4.61. The molecule has 0 bridgehead atoms. The van der Waals surface area contributed by atoms with Crippen LogP contribution < -0.4 is 15.4 Å². The van der Waals surface area contributed by atoms with Crippen LogP contribution in [0, 0.1) is 0 Å². The summed E-state index contributed by atoms with van der Waals surface area (Å²) in [6.45, 7) is 1.91. The van der Waals surface area contributed by atoms with E-state index in [0.717, 1.165) is 5.56 Å². The predicted molar refractivity (Wildman–Crippen MR) is 114 cm³/mol. The second kappa shape index (κ2) is 9.71. The van der Waals surface area contributed by atoms with Crippen LogP contribution in [-0.4, -0.2) is 39.4 Å². The predicted octanol–water partition coefficient (Wildman–Crippen LogP) is 2.06. The average molecular weight is 445 g/mol. The number of anilines is 2. The van der Waals surface area contributed by atoms with Crippen LogP contribution in [0.2, 0.25) is 0 Å². The molecule has 0 unspecified atom stereocenters. The highest BCUT2D eigenvalue weighted by Crippen LogP contribution is 2.25. The lowest BCUT2D eigenvalue weighted by atomic mass is 10.0. The average Bonchev–Trinajstić information content (AvgIpc) is 2.73. The summed E-state index contributed by atoms with van der Waals surface area (Å²) in [5.41, 5.74) is 2.23. The molecular weight excluding hydrogens is 422 g/mol. The largest absolute Gasteiger partial charge is 0.462 e. The molecule has 0 radical (unpaired) electrons. The number of nitrogens with one attached hydrogen (secondary N) is 3. The maximum Gasteiger partial charge on any atom is 0.338 e. The zero-order chi connectivity index (χ0) is 22.4. The van der Waals surface area contributed by atoms with Gasteiger partial charge in [0.25, 0.3) is 0 Å². The van der Waals surface area contributed by atoms with Gasteiger partial charge < -0.3 is 15.4 Å². The van der Waals surface area contributed by atoms with E-state index in [0.29, 0.717) is 29.8 Å². The van der Waals surface area contributed by atoms with Crippen molar-refractivity contribution in [2.24, 2.45) is 0 Å². The zero-order valence-corrected chi connectivity index (χ0v) is 17.8. The number of fused-ring (bicyclic) bond motifs is 1. The zero-order valence-electron chi connectivity index (χ0n) is 16.9. The fraction of sp³-hybridized carbons (Fsp3) is 0.286. The molecule has 1 heterocycles. The normalized spacial score (nSPS) is 13.1. The van der Waals surface area contributed by atoms with Gasteiger partial charge in [-0.25, -0.2) is 17.9 Å². The number of aryl methyl sites for hydroxylation is 1. The number of rotatable bonds is 8. The Hall–Kier alpha value is -3.24. The van der Waals surface area contributed by atoms with Crippen LogP contribution in [0.4, 0.5) is 11.4 Å². The van der Waals surface area contributed by atoms with Crippen LogP contribution in [0.25, 0.3) is 0 Å². The van der Waals surface area contributed by atoms with Gasteiger partial charge in [0.1, 0.15) is 0 Å². The number of ether oxygens (including phenoxy) is 1. The molecule has 0 atom stereocenters. The summed E-state index contributed by atoms with van der Waals surface area (Å²) in [5.74, 6) is -0.915. The molecule has 0 spiro atoms. The van der Waals surface area contributed by atoms with Crippen molar-refractivity contribution in [2.75, 3.05) is 23.8 Å². The molecule has 10 heteroatoms. The topological polar surface area (TPSA) is 131 Å². The number of sulfonamides is 1. The van der Waals surface area contributed by atoms with E-state index < -0.39 is 16.0 Å². The molecule has 3 rings (SSSR count). The molecule has 0 fully saturated rings. The number of benzene rings is 2. The van der Waals surface area contributed by atoms with Gasteiger partial charge in [-0.1, -0.05) is 0 Å². The highest BCUT2D eigenvalue weighted by atomic mass is 32.2. The maximum absolute atomic E-state index is 12.5. The van der Waals surface area contributed by atoms with Crippen molar-refractivity contribution in [3.05, 3.63) is 53.6 Å². The third kappa shape index (κ3) is 5.89. The SMILES string of the molecule is CCOC(=O)c1ccc(NC(=O)CCNS(=O)(=O)c2ccc3c(c2)CCC(=O)N3)cc1. The van der Waals surface area contributed by atoms with E-state index in [4.69, 9.17) is 4.74 Å². The summed E-state index contributed by atoms with van der Waals surface area (Å²) in [5, 5.41) is 5.35. The van der Waals surface area contributed by atoms with Crippen LogP contribution in [0.5, 0.6) is 0 Å².